The third kappa shape index (κ3) is 3.12. The van der Waals surface area contributed by atoms with Gasteiger partial charge >= 0.3 is 0 Å². The van der Waals surface area contributed by atoms with Gasteiger partial charge in [0.05, 0.1) is 6.04 Å². The second-order valence-corrected chi connectivity index (χ2v) is 11.8. The minimum atomic E-state index is -1.90. The van der Waals surface area contributed by atoms with Crippen LogP contribution in [-0.4, -0.2) is 20.3 Å². The number of carbonyl (C=O) groups is 1. The van der Waals surface area contributed by atoms with Crippen molar-refractivity contribution in [2.45, 2.75) is 57.5 Å². The van der Waals surface area contributed by atoms with Crippen molar-refractivity contribution in [2.24, 2.45) is 0 Å². The molecular formula is C16H25NO2Si. The zero-order valence-electron chi connectivity index (χ0n) is 13.1. The number of carbonyl (C=O) groups excluding carboxylic acids is 1. The first-order chi connectivity index (χ1) is 9.21. The molecule has 0 aliphatic carbocycles. The van der Waals surface area contributed by atoms with Crippen molar-refractivity contribution in [2.75, 3.05) is 0 Å². The lowest BCUT2D eigenvalue weighted by molar-refractivity contribution is -0.125. The molecule has 1 aliphatic rings. The summed E-state index contributed by atoms with van der Waals surface area (Å²) >= 11 is 0. The summed E-state index contributed by atoms with van der Waals surface area (Å²) in [6.07, 6.45) is 0.427. The number of hydrogen-bond donors (Lipinski definition) is 1. The van der Waals surface area contributed by atoms with Gasteiger partial charge in [-0.1, -0.05) is 51.1 Å². The summed E-state index contributed by atoms with van der Waals surface area (Å²) in [5.41, 5.74) is 1.15. The molecule has 1 unspecified atom stereocenters. The zero-order valence-corrected chi connectivity index (χ0v) is 14.1. The highest BCUT2D eigenvalue weighted by atomic mass is 28.4. The Morgan fingerprint density at radius 3 is 2.35 bits per heavy atom. The first-order valence-corrected chi connectivity index (χ1v) is 10.1. The van der Waals surface area contributed by atoms with Gasteiger partial charge in [-0.05, 0) is 23.7 Å². The smallest absolute Gasteiger partial charge is 0.248 e. The second-order valence-electron chi connectivity index (χ2n) is 7.07. The molecule has 1 aromatic rings. The summed E-state index contributed by atoms with van der Waals surface area (Å²) in [6.45, 7) is 11.0. The SMILES string of the molecule is CC(C)(C)[Si](C)(C)O[C@H]1CC(c2ccccc2)NC1=O. The molecule has 0 spiro atoms. The van der Waals surface area contributed by atoms with Gasteiger partial charge in [-0.2, -0.15) is 0 Å². The van der Waals surface area contributed by atoms with E-state index in [4.69, 9.17) is 4.43 Å². The molecule has 1 heterocycles. The molecule has 2 rings (SSSR count). The fourth-order valence-electron chi connectivity index (χ4n) is 2.18. The van der Waals surface area contributed by atoms with Gasteiger partial charge in [0, 0.05) is 6.42 Å². The summed E-state index contributed by atoms with van der Waals surface area (Å²) < 4.78 is 6.25. The lowest BCUT2D eigenvalue weighted by Gasteiger charge is -2.37. The van der Waals surface area contributed by atoms with Crippen molar-refractivity contribution in [1.29, 1.82) is 0 Å². The highest BCUT2D eigenvalue weighted by molar-refractivity contribution is 6.74. The van der Waals surface area contributed by atoms with Crippen LogP contribution in [-0.2, 0) is 9.22 Å². The zero-order chi connectivity index (χ0) is 15.0. The largest absolute Gasteiger partial charge is 0.405 e. The summed E-state index contributed by atoms with van der Waals surface area (Å²) in [7, 11) is -1.90. The van der Waals surface area contributed by atoms with Crippen LogP contribution < -0.4 is 5.32 Å². The van der Waals surface area contributed by atoms with Gasteiger partial charge in [-0.3, -0.25) is 4.79 Å². The van der Waals surface area contributed by atoms with Crippen LogP contribution in [0.25, 0.3) is 0 Å². The van der Waals surface area contributed by atoms with Crippen LogP contribution in [0.15, 0.2) is 30.3 Å². The van der Waals surface area contributed by atoms with E-state index < -0.39 is 8.32 Å². The van der Waals surface area contributed by atoms with E-state index in [1.807, 2.05) is 18.2 Å². The van der Waals surface area contributed by atoms with Gasteiger partial charge < -0.3 is 9.74 Å². The van der Waals surface area contributed by atoms with Crippen molar-refractivity contribution in [1.82, 2.24) is 5.32 Å². The average molecular weight is 291 g/mol. The van der Waals surface area contributed by atoms with Crippen molar-refractivity contribution >= 4 is 14.2 Å². The standard InChI is InChI=1S/C16H25NO2Si/c1-16(2,3)20(4,5)19-14-11-13(17-15(14)18)12-9-7-6-8-10-12/h6-10,13-14H,11H2,1-5H3,(H,17,18)/t13?,14-/m0/s1. The molecule has 4 heteroatoms. The highest BCUT2D eigenvalue weighted by Gasteiger charge is 2.43. The number of amides is 1. The summed E-state index contributed by atoms with van der Waals surface area (Å²) in [5, 5.41) is 3.18. The molecule has 3 nitrogen and oxygen atoms in total. The normalized spacial score (nSPS) is 23.8. The molecule has 1 fully saturated rings. The first kappa shape index (κ1) is 15.3. The second kappa shape index (κ2) is 5.33. The fourth-order valence-corrected chi connectivity index (χ4v) is 3.45. The Morgan fingerprint density at radius 1 is 1.20 bits per heavy atom. The third-order valence-corrected chi connectivity index (χ3v) is 8.99. The Balaban J connectivity index is 2.07. The molecule has 0 saturated carbocycles. The van der Waals surface area contributed by atoms with Crippen molar-refractivity contribution < 1.29 is 9.22 Å². The number of hydrogen-bond acceptors (Lipinski definition) is 2. The van der Waals surface area contributed by atoms with E-state index in [0.29, 0.717) is 0 Å². The fraction of sp³-hybridized carbons (Fsp3) is 0.562. The molecule has 20 heavy (non-hydrogen) atoms. The maximum Gasteiger partial charge on any atom is 0.248 e. The van der Waals surface area contributed by atoms with Crippen LogP contribution in [0.3, 0.4) is 0 Å². The Kier molecular flexibility index (Phi) is 4.07. The molecule has 1 aliphatic heterocycles. The van der Waals surface area contributed by atoms with Crippen LogP contribution in [0.5, 0.6) is 0 Å². The van der Waals surface area contributed by atoms with E-state index in [0.717, 1.165) is 12.0 Å². The topological polar surface area (TPSA) is 38.3 Å². The molecule has 0 bridgehead atoms. The predicted molar refractivity (Wildman–Crippen MR) is 84.0 cm³/mol. The summed E-state index contributed by atoms with van der Waals surface area (Å²) in [4.78, 5) is 12.1. The molecule has 1 aromatic carbocycles. The minimum absolute atomic E-state index is 0.0312. The van der Waals surface area contributed by atoms with Crippen molar-refractivity contribution in [3.8, 4) is 0 Å². The Hall–Kier alpha value is -1.13. The van der Waals surface area contributed by atoms with Crippen LogP contribution in [0.2, 0.25) is 18.1 Å². The molecular weight excluding hydrogens is 266 g/mol. The lowest BCUT2D eigenvalue weighted by Crippen LogP contribution is -2.45. The number of nitrogens with one attached hydrogen (secondary N) is 1. The van der Waals surface area contributed by atoms with E-state index in [1.54, 1.807) is 0 Å². The Bertz CT molecular complexity index is 479. The van der Waals surface area contributed by atoms with Gasteiger partial charge in [0.25, 0.3) is 0 Å². The first-order valence-electron chi connectivity index (χ1n) is 7.24. The highest BCUT2D eigenvalue weighted by Crippen LogP contribution is 2.39. The van der Waals surface area contributed by atoms with Gasteiger partial charge in [-0.15, -0.1) is 0 Å². The summed E-state index contributed by atoms with van der Waals surface area (Å²) in [6, 6.07) is 10.2. The van der Waals surface area contributed by atoms with Gasteiger partial charge in [0.2, 0.25) is 5.91 Å². The molecule has 1 N–H and O–H groups in total. The molecule has 0 radical (unpaired) electrons. The van der Waals surface area contributed by atoms with E-state index in [9.17, 15) is 4.79 Å². The molecule has 110 valence electrons. The van der Waals surface area contributed by atoms with Gasteiger partial charge in [0.15, 0.2) is 8.32 Å². The van der Waals surface area contributed by atoms with E-state index in [2.05, 4.69) is 51.3 Å². The lowest BCUT2D eigenvalue weighted by atomic mass is 10.1. The van der Waals surface area contributed by atoms with Gasteiger partial charge in [0.1, 0.15) is 6.10 Å². The summed E-state index contributed by atoms with van der Waals surface area (Å²) in [5.74, 6) is 0.0312. The van der Waals surface area contributed by atoms with Crippen LogP contribution >= 0.6 is 0 Å². The average Bonchev–Trinajstić information content (AvgIpc) is 2.70. The van der Waals surface area contributed by atoms with E-state index >= 15 is 0 Å². The van der Waals surface area contributed by atoms with E-state index in [-0.39, 0.29) is 23.1 Å². The van der Waals surface area contributed by atoms with Gasteiger partial charge in [-0.25, -0.2) is 0 Å². The number of benzene rings is 1. The van der Waals surface area contributed by atoms with Crippen molar-refractivity contribution in [3.63, 3.8) is 0 Å². The maximum atomic E-state index is 12.1. The van der Waals surface area contributed by atoms with Crippen LogP contribution in [0.1, 0.15) is 38.8 Å². The molecule has 1 amide bonds. The predicted octanol–water partition coefficient (Wildman–Crippen LogP) is 3.64. The molecule has 2 atom stereocenters. The Labute approximate surface area is 122 Å². The van der Waals surface area contributed by atoms with Crippen LogP contribution in [0, 0.1) is 0 Å². The molecule has 0 aromatic heterocycles. The quantitative estimate of drug-likeness (QED) is 0.864. The maximum absolute atomic E-state index is 12.1. The third-order valence-electron chi connectivity index (χ3n) is 4.50. The van der Waals surface area contributed by atoms with Crippen molar-refractivity contribution in [3.05, 3.63) is 35.9 Å². The molecule has 1 saturated heterocycles. The van der Waals surface area contributed by atoms with E-state index in [1.165, 1.54) is 0 Å². The Morgan fingerprint density at radius 2 is 1.80 bits per heavy atom. The monoisotopic (exact) mass is 291 g/mol. The number of rotatable bonds is 3. The minimum Gasteiger partial charge on any atom is -0.405 e. The van der Waals surface area contributed by atoms with Crippen LogP contribution in [0.4, 0.5) is 0 Å².